The van der Waals surface area contributed by atoms with Crippen LogP contribution in [0.4, 0.5) is 9.18 Å². The van der Waals surface area contributed by atoms with Gasteiger partial charge in [-0.1, -0.05) is 12.1 Å². The van der Waals surface area contributed by atoms with Crippen LogP contribution in [-0.2, 0) is 0 Å². The maximum atomic E-state index is 13.4. The zero-order valence-corrected chi connectivity index (χ0v) is 8.50. The maximum Gasteiger partial charge on any atom is 0.511 e. The average Bonchev–Trinajstić information content (AvgIpc) is 2.30. The molecule has 0 fully saturated rings. The van der Waals surface area contributed by atoms with Gasteiger partial charge >= 0.3 is 6.16 Å². The van der Waals surface area contributed by atoms with Gasteiger partial charge in [-0.15, -0.1) is 0 Å². The van der Waals surface area contributed by atoms with Crippen molar-refractivity contribution in [2.75, 3.05) is 0 Å². The van der Waals surface area contributed by atoms with E-state index in [-0.39, 0.29) is 17.1 Å². The van der Waals surface area contributed by atoms with Crippen LogP contribution < -0.4 is 4.74 Å². The molecule has 0 saturated heterocycles. The summed E-state index contributed by atoms with van der Waals surface area (Å²) in [6, 6.07) is 6.03. The van der Waals surface area contributed by atoms with Gasteiger partial charge in [0.1, 0.15) is 5.82 Å². The van der Waals surface area contributed by atoms with Crippen molar-refractivity contribution in [3.05, 3.63) is 42.5 Å². The smallest absolute Gasteiger partial charge is 0.449 e. The molecule has 6 heteroatoms. The summed E-state index contributed by atoms with van der Waals surface area (Å²) in [5.74, 6) is -0.294. The molecule has 0 aliphatic rings. The molecular formula is C11H7FN2O3. The van der Waals surface area contributed by atoms with Gasteiger partial charge in [-0.3, -0.25) is 0 Å². The summed E-state index contributed by atoms with van der Waals surface area (Å²) in [6.07, 6.45) is 0.887. The van der Waals surface area contributed by atoms with Crippen LogP contribution in [0.5, 0.6) is 5.75 Å². The van der Waals surface area contributed by atoms with Crippen LogP contribution in [0.25, 0.3) is 11.4 Å². The van der Waals surface area contributed by atoms with Crippen LogP contribution >= 0.6 is 0 Å². The number of halogens is 1. The third-order valence-electron chi connectivity index (χ3n) is 1.95. The molecule has 0 amide bonds. The number of ether oxygens (including phenoxy) is 1. The van der Waals surface area contributed by atoms with Crippen LogP contribution in [0.15, 0.2) is 36.7 Å². The Balaban J connectivity index is 2.30. The maximum absolute atomic E-state index is 13.4. The molecule has 0 saturated carbocycles. The third kappa shape index (κ3) is 2.54. The van der Waals surface area contributed by atoms with Crippen molar-refractivity contribution < 1.29 is 19.0 Å². The van der Waals surface area contributed by atoms with Crippen molar-refractivity contribution in [2.24, 2.45) is 0 Å². The highest BCUT2D eigenvalue weighted by atomic mass is 19.1. The van der Waals surface area contributed by atoms with Crippen molar-refractivity contribution in [1.82, 2.24) is 9.97 Å². The zero-order chi connectivity index (χ0) is 12.3. The summed E-state index contributed by atoms with van der Waals surface area (Å²) in [6.45, 7) is 0. The lowest BCUT2D eigenvalue weighted by atomic mass is 10.2. The number of hydrogen-bond acceptors (Lipinski definition) is 4. The fourth-order valence-electron chi connectivity index (χ4n) is 1.25. The lowest BCUT2D eigenvalue weighted by Crippen LogP contribution is -2.04. The Bertz CT molecular complexity index is 543. The molecule has 1 N–H and O–H groups in total. The number of carboxylic acid groups (broad SMARTS) is 1. The number of rotatable bonds is 2. The minimum absolute atomic E-state index is 0.0161. The number of nitrogens with zero attached hydrogens (tertiary/aromatic N) is 2. The normalized spacial score (nSPS) is 9.94. The molecular weight excluding hydrogens is 227 g/mol. The molecule has 0 aliphatic carbocycles. The molecule has 2 aromatic rings. The second kappa shape index (κ2) is 4.56. The standard InChI is InChI=1S/C11H7FN2O3/c12-9-4-2-1-3-8(9)10-13-5-7(6-14-10)17-11(15)16/h1-6H,(H,15,16). The number of benzene rings is 1. The van der Waals surface area contributed by atoms with E-state index >= 15 is 0 Å². The van der Waals surface area contributed by atoms with Gasteiger partial charge in [-0.25, -0.2) is 19.2 Å². The average molecular weight is 234 g/mol. The van der Waals surface area contributed by atoms with Crippen molar-refractivity contribution in [3.8, 4) is 17.1 Å². The Morgan fingerprint density at radius 2 is 1.88 bits per heavy atom. The minimum Gasteiger partial charge on any atom is -0.449 e. The Hall–Kier alpha value is -2.50. The Morgan fingerprint density at radius 1 is 1.24 bits per heavy atom. The summed E-state index contributed by atoms with van der Waals surface area (Å²) in [5.41, 5.74) is 0.245. The van der Waals surface area contributed by atoms with Gasteiger partial charge in [0.2, 0.25) is 0 Å². The van der Waals surface area contributed by atoms with Gasteiger partial charge in [0.25, 0.3) is 0 Å². The first-order valence-electron chi connectivity index (χ1n) is 4.64. The summed E-state index contributed by atoms with van der Waals surface area (Å²) in [5, 5.41) is 8.36. The van der Waals surface area contributed by atoms with Crippen LogP contribution in [-0.4, -0.2) is 21.2 Å². The number of aromatic nitrogens is 2. The monoisotopic (exact) mass is 234 g/mol. The molecule has 2 rings (SSSR count). The van der Waals surface area contributed by atoms with E-state index in [0.29, 0.717) is 0 Å². The molecule has 86 valence electrons. The molecule has 1 aromatic heterocycles. The van der Waals surface area contributed by atoms with Crippen molar-refractivity contribution in [1.29, 1.82) is 0 Å². The Labute approximate surface area is 95.5 Å². The summed E-state index contributed by atoms with van der Waals surface area (Å²) >= 11 is 0. The van der Waals surface area contributed by atoms with Gasteiger partial charge in [-0.05, 0) is 12.1 Å². The van der Waals surface area contributed by atoms with Gasteiger partial charge < -0.3 is 9.84 Å². The van der Waals surface area contributed by atoms with Crippen molar-refractivity contribution in [3.63, 3.8) is 0 Å². The quantitative estimate of drug-likeness (QED) is 0.807. The molecule has 17 heavy (non-hydrogen) atoms. The van der Waals surface area contributed by atoms with Gasteiger partial charge in [0, 0.05) is 0 Å². The molecule has 1 aromatic carbocycles. The highest BCUT2D eigenvalue weighted by molar-refractivity contribution is 5.61. The topological polar surface area (TPSA) is 72.3 Å². The molecule has 1 heterocycles. The molecule has 0 aliphatic heterocycles. The highest BCUT2D eigenvalue weighted by Crippen LogP contribution is 2.19. The number of hydrogen-bond donors (Lipinski definition) is 1. The van der Waals surface area contributed by atoms with E-state index in [1.807, 2.05) is 0 Å². The second-order valence-electron chi connectivity index (χ2n) is 3.09. The first kappa shape index (κ1) is 11.0. The van der Waals surface area contributed by atoms with E-state index in [2.05, 4.69) is 14.7 Å². The van der Waals surface area contributed by atoms with E-state index in [4.69, 9.17) is 5.11 Å². The van der Waals surface area contributed by atoms with Gasteiger partial charge in [0.15, 0.2) is 11.6 Å². The van der Waals surface area contributed by atoms with Gasteiger partial charge in [-0.2, -0.15) is 0 Å². The SMILES string of the molecule is O=C(O)Oc1cnc(-c2ccccc2F)nc1. The first-order valence-corrected chi connectivity index (χ1v) is 4.64. The summed E-state index contributed by atoms with van der Waals surface area (Å²) in [4.78, 5) is 17.9. The fourth-order valence-corrected chi connectivity index (χ4v) is 1.25. The summed E-state index contributed by atoms with van der Waals surface area (Å²) < 4.78 is 17.7. The second-order valence-corrected chi connectivity index (χ2v) is 3.09. The van der Waals surface area contributed by atoms with E-state index in [0.717, 1.165) is 0 Å². The van der Waals surface area contributed by atoms with Crippen LogP contribution in [0, 0.1) is 5.82 Å². The van der Waals surface area contributed by atoms with Gasteiger partial charge in [0.05, 0.1) is 18.0 Å². The fraction of sp³-hybridized carbons (Fsp3) is 0. The van der Waals surface area contributed by atoms with Crippen LogP contribution in [0.2, 0.25) is 0 Å². The predicted molar refractivity (Wildman–Crippen MR) is 56.1 cm³/mol. The van der Waals surface area contributed by atoms with Crippen LogP contribution in [0.3, 0.4) is 0 Å². The molecule has 5 nitrogen and oxygen atoms in total. The molecule has 0 bridgehead atoms. The Kier molecular flexibility index (Phi) is 2.95. The van der Waals surface area contributed by atoms with E-state index in [9.17, 15) is 9.18 Å². The minimum atomic E-state index is -1.45. The highest BCUT2D eigenvalue weighted by Gasteiger charge is 2.08. The third-order valence-corrected chi connectivity index (χ3v) is 1.95. The van der Waals surface area contributed by atoms with Crippen molar-refractivity contribution in [2.45, 2.75) is 0 Å². The molecule has 0 unspecified atom stereocenters. The van der Waals surface area contributed by atoms with E-state index < -0.39 is 12.0 Å². The zero-order valence-electron chi connectivity index (χ0n) is 8.50. The lowest BCUT2D eigenvalue weighted by molar-refractivity contribution is 0.144. The predicted octanol–water partition coefficient (Wildman–Crippen LogP) is 2.34. The molecule has 0 atom stereocenters. The van der Waals surface area contributed by atoms with Crippen LogP contribution in [0.1, 0.15) is 0 Å². The summed E-state index contributed by atoms with van der Waals surface area (Å²) in [7, 11) is 0. The number of carbonyl (C=O) groups is 1. The van der Waals surface area contributed by atoms with E-state index in [1.54, 1.807) is 12.1 Å². The van der Waals surface area contributed by atoms with Crippen molar-refractivity contribution >= 4 is 6.16 Å². The lowest BCUT2D eigenvalue weighted by Gasteiger charge is -2.02. The largest absolute Gasteiger partial charge is 0.511 e. The first-order chi connectivity index (χ1) is 8.16. The Morgan fingerprint density at radius 3 is 2.47 bits per heavy atom. The molecule has 0 spiro atoms. The van der Waals surface area contributed by atoms with E-state index in [1.165, 1.54) is 24.5 Å². The molecule has 0 radical (unpaired) electrons.